The minimum atomic E-state index is 0.627. The lowest BCUT2D eigenvalue weighted by Gasteiger charge is -2.14. The second-order valence-corrected chi connectivity index (χ2v) is 4.07. The third-order valence-corrected chi connectivity index (χ3v) is 2.78. The zero-order valence-corrected chi connectivity index (χ0v) is 12.2. The summed E-state index contributed by atoms with van der Waals surface area (Å²) in [6, 6.07) is 3.92. The fourth-order valence-electron chi connectivity index (χ4n) is 1.82. The van der Waals surface area contributed by atoms with Gasteiger partial charge in [-0.2, -0.15) is 0 Å². The van der Waals surface area contributed by atoms with Crippen molar-refractivity contribution in [1.29, 1.82) is 0 Å². The molecule has 0 aliphatic heterocycles. The molecule has 0 aliphatic carbocycles. The van der Waals surface area contributed by atoms with Gasteiger partial charge in [-0.1, -0.05) is 12.2 Å². The van der Waals surface area contributed by atoms with E-state index in [1.807, 2.05) is 19.1 Å². The van der Waals surface area contributed by atoms with Crippen molar-refractivity contribution < 1.29 is 14.2 Å². The molecule has 0 bridgehead atoms. The molecule has 0 saturated heterocycles. The van der Waals surface area contributed by atoms with Gasteiger partial charge < -0.3 is 19.5 Å². The maximum Gasteiger partial charge on any atom is 0.203 e. The van der Waals surface area contributed by atoms with Gasteiger partial charge in [-0.05, 0) is 37.6 Å². The zero-order valence-electron chi connectivity index (χ0n) is 12.2. The highest BCUT2D eigenvalue weighted by Crippen LogP contribution is 2.38. The summed E-state index contributed by atoms with van der Waals surface area (Å²) in [6.45, 7) is 3.74. The number of allylic oxidation sites excluding steroid dienone is 1. The minimum absolute atomic E-state index is 0.627. The molecule has 0 amide bonds. The van der Waals surface area contributed by atoms with Gasteiger partial charge in [-0.15, -0.1) is 0 Å². The Balaban J connectivity index is 2.73. The summed E-state index contributed by atoms with van der Waals surface area (Å²) >= 11 is 0. The number of hydrogen-bond acceptors (Lipinski definition) is 4. The Morgan fingerprint density at radius 3 is 2.16 bits per heavy atom. The molecule has 0 spiro atoms. The van der Waals surface area contributed by atoms with E-state index in [4.69, 9.17) is 14.2 Å². The van der Waals surface area contributed by atoms with Crippen LogP contribution >= 0.6 is 0 Å². The summed E-state index contributed by atoms with van der Waals surface area (Å²) < 4.78 is 15.9. The molecule has 1 aromatic carbocycles. The first-order valence-corrected chi connectivity index (χ1v) is 6.37. The summed E-state index contributed by atoms with van der Waals surface area (Å²) in [7, 11) is 4.86. The SMILES string of the molecule is C/C=C/CCNCc1cc(OC)c(OC)c(OC)c1. The summed E-state index contributed by atoms with van der Waals surface area (Å²) in [5, 5.41) is 3.37. The van der Waals surface area contributed by atoms with E-state index in [0.717, 1.165) is 25.1 Å². The minimum Gasteiger partial charge on any atom is -0.493 e. The molecule has 19 heavy (non-hydrogen) atoms. The molecule has 0 atom stereocenters. The van der Waals surface area contributed by atoms with Crippen LogP contribution in [0.2, 0.25) is 0 Å². The predicted molar refractivity (Wildman–Crippen MR) is 77.2 cm³/mol. The molecule has 0 aromatic heterocycles. The van der Waals surface area contributed by atoms with Crippen molar-refractivity contribution in [3.63, 3.8) is 0 Å². The van der Waals surface area contributed by atoms with E-state index in [1.165, 1.54) is 0 Å². The van der Waals surface area contributed by atoms with Crippen molar-refractivity contribution in [2.45, 2.75) is 19.9 Å². The van der Waals surface area contributed by atoms with Crippen LogP contribution in [0.3, 0.4) is 0 Å². The Hall–Kier alpha value is -1.68. The Morgan fingerprint density at radius 1 is 1.05 bits per heavy atom. The first-order chi connectivity index (χ1) is 9.26. The van der Waals surface area contributed by atoms with Gasteiger partial charge in [0, 0.05) is 6.54 Å². The molecule has 1 aromatic rings. The first-order valence-electron chi connectivity index (χ1n) is 6.37. The van der Waals surface area contributed by atoms with Crippen LogP contribution in [-0.4, -0.2) is 27.9 Å². The van der Waals surface area contributed by atoms with Crippen molar-refractivity contribution >= 4 is 0 Å². The number of hydrogen-bond donors (Lipinski definition) is 1. The van der Waals surface area contributed by atoms with Crippen molar-refractivity contribution in [2.75, 3.05) is 27.9 Å². The molecular weight excluding hydrogens is 242 g/mol. The topological polar surface area (TPSA) is 39.7 Å². The highest BCUT2D eigenvalue weighted by molar-refractivity contribution is 5.53. The van der Waals surface area contributed by atoms with Crippen LogP contribution < -0.4 is 19.5 Å². The smallest absolute Gasteiger partial charge is 0.203 e. The second-order valence-electron chi connectivity index (χ2n) is 4.07. The molecule has 0 aliphatic rings. The Labute approximate surface area is 115 Å². The van der Waals surface area contributed by atoms with Crippen molar-refractivity contribution in [2.24, 2.45) is 0 Å². The van der Waals surface area contributed by atoms with E-state index in [1.54, 1.807) is 21.3 Å². The van der Waals surface area contributed by atoms with Crippen LogP contribution in [0.5, 0.6) is 17.2 Å². The lowest BCUT2D eigenvalue weighted by atomic mass is 10.1. The number of nitrogens with one attached hydrogen (secondary N) is 1. The molecule has 0 fully saturated rings. The quantitative estimate of drug-likeness (QED) is 0.579. The molecule has 1 rings (SSSR count). The van der Waals surface area contributed by atoms with E-state index in [9.17, 15) is 0 Å². The van der Waals surface area contributed by atoms with Crippen LogP contribution in [0.15, 0.2) is 24.3 Å². The Kier molecular flexibility index (Phi) is 6.82. The van der Waals surface area contributed by atoms with Crippen LogP contribution in [0.25, 0.3) is 0 Å². The molecule has 106 valence electrons. The molecule has 1 N–H and O–H groups in total. The first kappa shape index (κ1) is 15.4. The molecule has 0 saturated carbocycles. The lowest BCUT2D eigenvalue weighted by Crippen LogP contribution is -2.14. The van der Waals surface area contributed by atoms with E-state index < -0.39 is 0 Å². The Bertz CT molecular complexity index is 391. The van der Waals surface area contributed by atoms with E-state index in [0.29, 0.717) is 17.2 Å². The number of methoxy groups -OCH3 is 3. The third kappa shape index (κ3) is 4.48. The van der Waals surface area contributed by atoms with Gasteiger partial charge in [-0.25, -0.2) is 0 Å². The number of ether oxygens (including phenoxy) is 3. The van der Waals surface area contributed by atoms with Gasteiger partial charge in [0.15, 0.2) is 11.5 Å². The highest BCUT2D eigenvalue weighted by atomic mass is 16.5. The van der Waals surface area contributed by atoms with Gasteiger partial charge >= 0.3 is 0 Å². The second kappa shape index (κ2) is 8.43. The average Bonchev–Trinajstić information content (AvgIpc) is 2.45. The van der Waals surface area contributed by atoms with E-state index >= 15 is 0 Å². The van der Waals surface area contributed by atoms with Gasteiger partial charge in [0.2, 0.25) is 5.75 Å². The fourth-order valence-corrected chi connectivity index (χ4v) is 1.82. The maximum absolute atomic E-state index is 5.32. The maximum atomic E-state index is 5.32. The summed E-state index contributed by atoms with van der Waals surface area (Å²) in [6.07, 6.45) is 5.23. The van der Waals surface area contributed by atoms with Crippen LogP contribution in [0.4, 0.5) is 0 Å². The van der Waals surface area contributed by atoms with Crippen molar-refractivity contribution in [1.82, 2.24) is 5.32 Å². The van der Waals surface area contributed by atoms with E-state index in [2.05, 4.69) is 17.5 Å². The summed E-state index contributed by atoms with van der Waals surface area (Å²) in [5.41, 5.74) is 1.11. The fraction of sp³-hybridized carbons (Fsp3) is 0.467. The van der Waals surface area contributed by atoms with Crippen molar-refractivity contribution in [3.8, 4) is 17.2 Å². The normalized spacial score (nSPS) is 10.7. The Morgan fingerprint density at radius 2 is 1.68 bits per heavy atom. The summed E-state index contributed by atoms with van der Waals surface area (Å²) in [5.74, 6) is 2.00. The largest absolute Gasteiger partial charge is 0.493 e. The number of rotatable bonds is 8. The highest BCUT2D eigenvalue weighted by Gasteiger charge is 2.12. The molecule has 0 heterocycles. The molecule has 4 heteroatoms. The molecule has 0 radical (unpaired) electrons. The van der Waals surface area contributed by atoms with Gasteiger partial charge in [0.25, 0.3) is 0 Å². The zero-order chi connectivity index (χ0) is 14.1. The molecule has 4 nitrogen and oxygen atoms in total. The van der Waals surface area contributed by atoms with E-state index in [-0.39, 0.29) is 0 Å². The van der Waals surface area contributed by atoms with Gasteiger partial charge in [0.05, 0.1) is 21.3 Å². The van der Waals surface area contributed by atoms with Crippen molar-refractivity contribution in [3.05, 3.63) is 29.8 Å². The molecular formula is C15H23NO3. The standard InChI is InChI=1S/C15H23NO3/c1-5-6-7-8-16-11-12-9-13(17-2)15(19-4)14(10-12)18-3/h5-6,9-10,16H,7-8,11H2,1-4H3/b6-5+. The van der Waals surface area contributed by atoms with Crippen LogP contribution in [0.1, 0.15) is 18.9 Å². The van der Waals surface area contributed by atoms with Gasteiger partial charge in [0.1, 0.15) is 0 Å². The van der Waals surface area contributed by atoms with Crippen LogP contribution in [0, 0.1) is 0 Å². The number of benzene rings is 1. The third-order valence-electron chi connectivity index (χ3n) is 2.78. The average molecular weight is 265 g/mol. The van der Waals surface area contributed by atoms with Crippen LogP contribution in [-0.2, 0) is 6.54 Å². The monoisotopic (exact) mass is 265 g/mol. The van der Waals surface area contributed by atoms with Gasteiger partial charge in [-0.3, -0.25) is 0 Å². The molecule has 0 unspecified atom stereocenters. The predicted octanol–water partition coefficient (Wildman–Crippen LogP) is 2.77. The summed E-state index contributed by atoms with van der Waals surface area (Å²) in [4.78, 5) is 0. The lowest BCUT2D eigenvalue weighted by molar-refractivity contribution is 0.323.